The normalized spacial score (nSPS) is 10.8. The van der Waals surface area contributed by atoms with Gasteiger partial charge in [-0.3, -0.25) is 0 Å². The van der Waals surface area contributed by atoms with Gasteiger partial charge in [-0.2, -0.15) is 5.10 Å². The molecule has 1 aromatic heterocycles. The molecule has 0 spiro atoms. The average Bonchev–Trinajstić information content (AvgIpc) is 2.72. The van der Waals surface area contributed by atoms with Gasteiger partial charge in [0, 0.05) is 6.07 Å². The van der Waals surface area contributed by atoms with Gasteiger partial charge in [0.05, 0.1) is 13.1 Å². The van der Waals surface area contributed by atoms with Crippen molar-refractivity contribution in [1.82, 2.24) is 20.1 Å². The van der Waals surface area contributed by atoms with Crippen molar-refractivity contribution >= 4 is 0 Å². The SMILES string of the molecule is CCNCc1ncnn1Cc1cc(F)cc(F)c1. The molecule has 0 atom stereocenters. The highest BCUT2D eigenvalue weighted by molar-refractivity contribution is 5.18. The molecule has 1 aromatic carbocycles. The summed E-state index contributed by atoms with van der Waals surface area (Å²) < 4.78 is 27.7. The lowest BCUT2D eigenvalue weighted by molar-refractivity contribution is 0.565. The first-order valence-electron chi connectivity index (χ1n) is 5.71. The second kappa shape index (κ2) is 5.68. The Balaban J connectivity index is 2.15. The minimum atomic E-state index is -0.585. The first-order valence-corrected chi connectivity index (χ1v) is 5.71. The van der Waals surface area contributed by atoms with Gasteiger partial charge in [0.2, 0.25) is 0 Å². The highest BCUT2D eigenvalue weighted by atomic mass is 19.1. The van der Waals surface area contributed by atoms with Crippen LogP contribution in [0.5, 0.6) is 0 Å². The highest BCUT2D eigenvalue weighted by Crippen LogP contribution is 2.10. The maximum absolute atomic E-state index is 13.1. The van der Waals surface area contributed by atoms with Crippen molar-refractivity contribution in [1.29, 1.82) is 0 Å². The van der Waals surface area contributed by atoms with E-state index in [-0.39, 0.29) is 0 Å². The number of nitrogens with zero attached hydrogens (tertiary/aromatic N) is 3. The molecule has 0 fully saturated rings. The molecule has 18 heavy (non-hydrogen) atoms. The van der Waals surface area contributed by atoms with Crippen LogP contribution in [-0.2, 0) is 13.1 Å². The summed E-state index contributed by atoms with van der Waals surface area (Å²) in [4.78, 5) is 4.10. The van der Waals surface area contributed by atoms with Crippen molar-refractivity contribution < 1.29 is 8.78 Å². The molecular formula is C12H14F2N4. The average molecular weight is 252 g/mol. The molecule has 4 nitrogen and oxygen atoms in total. The molecule has 0 saturated heterocycles. The molecule has 0 saturated carbocycles. The van der Waals surface area contributed by atoms with E-state index in [0.717, 1.165) is 18.4 Å². The van der Waals surface area contributed by atoms with Gasteiger partial charge in [0.1, 0.15) is 23.8 Å². The molecule has 1 N–H and O–H groups in total. The predicted octanol–water partition coefficient (Wildman–Crippen LogP) is 1.71. The zero-order valence-corrected chi connectivity index (χ0v) is 10.0. The van der Waals surface area contributed by atoms with Crippen LogP contribution in [0.3, 0.4) is 0 Å². The molecule has 2 aromatic rings. The van der Waals surface area contributed by atoms with E-state index < -0.39 is 11.6 Å². The Morgan fingerprint density at radius 3 is 2.61 bits per heavy atom. The van der Waals surface area contributed by atoms with Crippen LogP contribution in [0.2, 0.25) is 0 Å². The standard InChI is InChI=1S/C12H14F2N4/c1-2-15-6-12-16-8-17-18(12)7-9-3-10(13)5-11(14)4-9/h3-5,8,15H,2,6-7H2,1H3. The molecule has 0 bridgehead atoms. The predicted molar refractivity (Wildman–Crippen MR) is 62.9 cm³/mol. The lowest BCUT2D eigenvalue weighted by Gasteiger charge is -2.07. The Labute approximate surface area is 104 Å². The van der Waals surface area contributed by atoms with Crippen molar-refractivity contribution in [3.05, 3.63) is 47.5 Å². The smallest absolute Gasteiger partial charge is 0.141 e. The maximum Gasteiger partial charge on any atom is 0.141 e. The van der Waals surface area contributed by atoms with E-state index in [1.807, 2.05) is 6.92 Å². The number of benzene rings is 1. The van der Waals surface area contributed by atoms with Crippen molar-refractivity contribution in [3.63, 3.8) is 0 Å². The Morgan fingerprint density at radius 1 is 1.22 bits per heavy atom. The molecule has 0 amide bonds. The van der Waals surface area contributed by atoms with Gasteiger partial charge in [-0.1, -0.05) is 6.92 Å². The van der Waals surface area contributed by atoms with Crippen LogP contribution < -0.4 is 5.32 Å². The van der Waals surface area contributed by atoms with Gasteiger partial charge in [-0.25, -0.2) is 18.4 Å². The summed E-state index contributed by atoms with van der Waals surface area (Å²) in [5.74, 6) is -0.432. The summed E-state index contributed by atoms with van der Waals surface area (Å²) in [6.45, 7) is 3.69. The van der Waals surface area contributed by atoms with Crippen molar-refractivity contribution in [2.24, 2.45) is 0 Å². The van der Waals surface area contributed by atoms with Gasteiger partial charge >= 0.3 is 0 Å². The first-order chi connectivity index (χ1) is 8.69. The fraction of sp³-hybridized carbons (Fsp3) is 0.333. The topological polar surface area (TPSA) is 42.7 Å². The molecule has 0 aliphatic rings. The Bertz CT molecular complexity index is 504. The minimum absolute atomic E-state index is 0.301. The van der Waals surface area contributed by atoms with E-state index in [0.29, 0.717) is 18.7 Å². The monoisotopic (exact) mass is 252 g/mol. The number of halogens is 2. The molecule has 0 aliphatic heterocycles. The van der Waals surface area contributed by atoms with Gasteiger partial charge in [0.15, 0.2) is 0 Å². The molecule has 0 unspecified atom stereocenters. The van der Waals surface area contributed by atoms with Crippen LogP contribution in [0.4, 0.5) is 8.78 Å². The van der Waals surface area contributed by atoms with Crippen LogP contribution in [0.1, 0.15) is 18.3 Å². The molecule has 1 heterocycles. The van der Waals surface area contributed by atoms with E-state index in [9.17, 15) is 8.78 Å². The third kappa shape index (κ3) is 3.10. The lowest BCUT2D eigenvalue weighted by Crippen LogP contribution is -2.17. The molecule has 96 valence electrons. The minimum Gasteiger partial charge on any atom is -0.310 e. The first kappa shape index (κ1) is 12.6. The van der Waals surface area contributed by atoms with Gasteiger partial charge < -0.3 is 5.32 Å². The molecule has 6 heteroatoms. The molecular weight excluding hydrogens is 238 g/mol. The summed E-state index contributed by atoms with van der Waals surface area (Å²) in [5, 5.41) is 7.17. The number of rotatable bonds is 5. The van der Waals surface area contributed by atoms with E-state index in [1.54, 1.807) is 4.68 Å². The lowest BCUT2D eigenvalue weighted by atomic mass is 10.2. The molecule has 2 rings (SSSR count). The van der Waals surface area contributed by atoms with Gasteiger partial charge in [0.25, 0.3) is 0 Å². The number of hydrogen-bond acceptors (Lipinski definition) is 3. The number of nitrogens with one attached hydrogen (secondary N) is 1. The quantitative estimate of drug-likeness (QED) is 0.881. The second-order valence-electron chi connectivity index (χ2n) is 3.89. The van der Waals surface area contributed by atoms with Crippen LogP contribution in [-0.4, -0.2) is 21.3 Å². The van der Waals surface area contributed by atoms with E-state index >= 15 is 0 Å². The zero-order valence-electron chi connectivity index (χ0n) is 10.0. The molecule has 0 radical (unpaired) electrons. The van der Waals surface area contributed by atoms with Crippen LogP contribution >= 0.6 is 0 Å². The summed E-state index contributed by atoms with van der Waals surface area (Å²) >= 11 is 0. The Hall–Kier alpha value is -1.82. The Kier molecular flexibility index (Phi) is 3.99. The van der Waals surface area contributed by atoms with Crippen LogP contribution in [0.25, 0.3) is 0 Å². The molecule has 0 aliphatic carbocycles. The van der Waals surface area contributed by atoms with Gasteiger partial charge in [-0.15, -0.1) is 0 Å². The fourth-order valence-electron chi connectivity index (χ4n) is 1.67. The zero-order chi connectivity index (χ0) is 13.0. The van der Waals surface area contributed by atoms with Crippen molar-refractivity contribution in [2.75, 3.05) is 6.54 Å². The summed E-state index contributed by atoms with van der Waals surface area (Å²) in [6, 6.07) is 3.44. The van der Waals surface area contributed by atoms with Crippen LogP contribution in [0, 0.1) is 11.6 Å². The number of hydrogen-bond donors (Lipinski definition) is 1. The summed E-state index contributed by atoms with van der Waals surface area (Å²) in [6.07, 6.45) is 1.43. The van der Waals surface area contributed by atoms with Crippen molar-refractivity contribution in [2.45, 2.75) is 20.0 Å². The van der Waals surface area contributed by atoms with E-state index in [1.165, 1.54) is 18.5 Å². The Morgan fingerprint density at radius 2 is 1.94 bits per heavy atom. The third-order valence-electron chi connectivity index (χ3n) is 2.48. The van der Waals surface area contributed by atoms with Crippen LogP contribution in [0.15, 0.2) is 24.5 Å². The van der Waals surface area contributed by atoms with E-state index in [4.69, 9.17) is 0 Å². The summed E-state index contributed by atoms with van der Waals surface area (Å²) in [7, 11) is 0. The summed E-state index contributed by atoms with van der Waals surface area (Å²) in [5.41, 5.74) is 0.524. The van der Waals surface area contributed by atoms with Gasteiger partial charge in [-0.05, 0) is 24.2 Å². The van der Waals surface area contributed by atoms with Crippen molar-refractivity contribution in [3.8, 4) is 0 Å². The number of aromatic nitrogens is 3. The largest absolute Gasteiger partial charge is 0.310 e. The maximum atomic E-state index is 13.1. The second-order valence-corrected chi connectivity index (χ2v) is 3.89. The van der Waals surface area contributed by atoms with E-state index in [2.05, 4.69) is 15.4 Å². The highest BCUT2D eigenvalue weighted by Gasteiger charge is 2.06. The fourth-order valence-corrected chi connectivity index (χ4v) is 1.67. The third-order valence-corrected chi connectivity index (χ3v) is 2.48.